The van der Waals surface area contributed by atoms with Crippen LogP contribution in [0.3, 0.4) is 0 Å². The molecule has 15 heavy (non-hydrogen) atoms. The summed E-state index contributed by atoms with van der Waals surface area (Å²) in [6, 6.07) is 9.35. The van der Waals surface area contributed by atoms with Crippen molar-refractivity contribution in [3.8, 4) is 0 Å². The van der Waals surface area contributed by atoms with Crippen LogP contribution in [0.1, 0.15) is 5.69 Å². The zero-order valence-electron chi connectivity index (χ0n) is 7.72. The Bertz CT molecular complexity index is 595. The maximum atomic E-state index is 10.9. The molecule has 78 valence electrons. The van der Waals surface area contributed by atoms with Gasteiger partial charge in [-0.15, -0.1) is 0 Å². The lowest BCUT2D eigenvalue weighted by Gasteiger charge is -2.00. The Morgan fingerprint density at radius 3 is 2.53 bits per heavy atom. The van der Waals surface area contributed by atoms with Crippen LogP contribution in [0.2, 0.25) is 0 Å². The van der Waals surface area contributed by atoms with Crippen LogP contribution in [0.5, 0.6) is 0 Å². The van der Waals surface area contributed by atoms with E-state index in [-0.39, 0.29) is 5.75 Å². The number of fused-ring (bicyclic) bond motifs is 1. The zero-order valence-corrected chi connectivity index (χ0v) is 9.29. The Balaban J connectivity index is 2.48. The van der Waals surface area contributed by atoms with Gasteiger partial charge in [0.05, 0.1) is 5.69 Å². The molecule has 2 aromatic rings. The van der Waals surface area contributed by atoms with Crippen molar-refractivity contribution >= 4 is 30.5 Å². The topological polar surface area (TPSA) is 47.0 Å². The molecule has 1 aromatic carbocycles. The molecule has 0 atom stereocenters. The van der Waals surface area contributed by atoms with E-state index < -0.39 is 9.05 Å². The van der Waals surface area contributed by atoms with E-state index in [0.717, 1.165) is 10.8 Å². The molecule has 0 fully saturated rings. The van der Waals surface area contributed by atoms with Crippen molar-refractivity contribution in [2.75, 3.05) is 0 Å². The summed E-state index contributed by atoms with van der Waals surface area (Å²) in [5.74, 6) is -0.237. The second kappa shape index (κ2) is 3.79. The Kier molecular flexibility index (Phi) is 2.63. The lowest BCUT2D eigenvalue weighted by molar-refractivity contribution is 0.608. The van der Waals surface area contributed by atoms with Crippen LogP contribution in [0.4, 0.5) is 0 Å². The molecule has 3 nitrogen and oxygen atoms in total. The summed E-state index contributed by atoms with van der Waals surface area (Å²) in [5, 5.41) is 1.94. The van der Waals surface area contributed by atoms with Crippen LogP contribution in [0, 0.1) is 0 Å². The van der Waals surface area contributed by atoms with E-state index >= 15 is 0 Å². The van der Waals surface area contributed by atoms with Gasteiger partial charge in [-0.1, -0.05) is 24.3 Å². The highest BCUT2D eigenvalue weighted by Crippen LogP contribution is 2.15. The lowest BCUT2D eigenvalue weighted by atomic mass is 10.1. The van der Waals surface area contributed by atoms with Crippen LogP contribution in [-0.4, -0.2) is 13.4 Å². The molecule has 0 amide bonds. The summed E-state index contributed by atoms with van der Waals surface area (Å²) >= 11 is 0. The number of nitrogens with zero attached hydrogens (tertiary/aromatic N) is 1. The second-order valence-corrected chi connectivity index (χ2v) is 5.98. The van der Waals surface area contributed by atoms with E-state index in [1.54, 1.807) is 12.3 Å². The van der Waals surface area contributed by atoms with Crippen molar-refractivity contribution in [3.63, 3.8) is 0 Å². The van der Waals surface area contributed by atoms with Crippen molar-refractivity contribution in [3.05, 3.63) is 42.2 Å². The van der Waals surface area contributed by atoms with Gasteiger partial charge < -0.3 is 0 Å². The smallest absolute Gasteiger partial charge is 0.238 e. The van der Waals surface area contributed by atoms with Gasteiger partial charge in [0.2, 0.25) is 9.05 Å². The molecule has 2 rings (SSSR count). The first-order valence-corrected chi connectivity index (χ1v) is 6.78. The fourth-order valence-electron chi connectivity index (χ4n) is 1.38. The summed E-state index contributed by atoms with van der Waals surface area (Å²) in [5.41, 5.74) is 0.462. The third-order valence-corrected chi connectivity index (χ3v) is 2.98. The van der Waals surface area contributed by atoms with Crippen molar-refractivity contribution in [1.82, 2.24) is 4.98 Å². The Labute approximate surface area is 92.1 Å². The fourth-order valence-corrected chi connectivity index (χ4v) is 2.23. The van der Waals surface area contributed by atoms with E-state index in [9.17, 15) is 8.42 Å². The number of hydrogen-bond donors (Lipinski definition) is 0. The number of halogens is 1. The third kappa shape index (κ3) is 2.67. The number of rotatable bonds is 2. The van der Waals surface area contributed by atoms with Crippen molar-refractivity contribution in [2.24, 2.45) is 0 Å². The van der Waals surface area contributed by atoms with Gasteiger partial charge in [-0.3, -0.25) is 4.98 Å². The van der Waals surface area contributed by atoms with Crippen LogP contribution in [-0.2, 0) is 14.8 Å². The molecule has 0 N–H and O–H groups in total. The highest BCUT2D eigenvalue weighted by Gasteiger charge is 2.08. The van der Waals surface area contributed by atoms with Gasteiger partial charge in [-0.05, 0) is 11.5 Å². The quantitative estimate of drug-likeness (QED) is 0.758. The lowest BCUT2D eigenvalue weighted by Crippen LogP contribution is -1.97. The molecule has 0 bridgehead atoms. The average molecular weight is 242 g/mol. The molecule has 5 heteroatoms. The molecule has 0 aliphatic rings. The maximum absolute atomic E-state index is 10.9. The SMILES string of the molecule is O=S(=O)(Cl)Cc1cc2ccccc2cn1. The van der Waals surface area contributed by atoms with Crippen molar-refractivity contribution < 1.29 is 8.42 Å². The van der Waals surface area contributed by atoms with Crippen LogP contribution < -0.4 is 0 Å². The molecule has 0 spiro atoms. The van der Waals surface area contributed by atoms with Crippen molar-refractivity contribution in [2.45, 2.75) is 5.75 Å². The molecule has 0 unspecified atom stereocenters. The highest BCUT2D eigenvalue weighted by atomic mass is 35.7. The first kappa shape index (κ1) is 10.4. The van der Waals surface area contributed by atoms with Gasteiger partial charge in [0, 0.05) is 22.3 Å². The summed E-state index contributed by atoms with van der Waals surface area (Å²) < 4.78 is 21.7. The van der Waals surface area contributed by atoms with E-state index in [4.69, 9.17) is 10.7 Å². The number of pyridine rings is 1. The molecule has 0 aliphatic carbocycles. The minimum Gasteiger partial charge on any atom is -0.260 e. The molecule has 0 saturated carbocycles. The van der Waals surface area contributed by atoms with Gasteiger partial charge in [0.1, 0.15) is 5.75 Å². The molecule has 0 radical (unpaired) electrons. The summed E-state index contributed by atoms with van der Waals surface area (Å²) in [6.07, 6.45) is 1.65. The number of benzene rings is 1. The van der Waals surface area contributed by atoms with Gasteiger partial charge in [-0.25, -0.2) is 8.42 Å². The molecule has 1 aromatic heterocycles. The van der Waals surface area contributed by atoms with Crippen LogP contribution in [0.25, 0.3) is 10.8 Å². The van der Waals surface area contributed by atoms with Gasteiger partial charge in [0.15, 0.2) is 0 Å². The zero-order chi connectivity index (χ0) is 10.9. The number of aromatic nitrogens is 1. The van der Waals surface area contributed by atoms with Gasteiger partial charge in [-0.2, -0.15) is 0 Å². The largest absolute Gasteiger partial charge is 0.260 e. The predicted octanol–water partition coefficient (Wildman–Crippen LogP) is 2.30. The van der Waals surface area contributed by atoms with E-state index in [2.05, 4.69) is 4.98 Å². The Morgan fingerprint density at radius 2 is 1.87 bits per heavy atom. The van der Waals surface area contributed by atoms with Crippen molar-refractivity contribution in [1.29, 1.82) is 0 Å². The molecule has 0 aliphatic heterocycles. The summed E-state index contributed by atoms with van der Waals surface area (Å²) in [7, 11) is 1.61. The van der Waals surface area contributed by atoms with Gasteiger partial charge in [0.25, 0.3) is 0 Å². The Hall–Kier alpha value is -1.13. The minimum absolute atomic E-state index is 0.237. The molecule has 1 heterocycles. The normalized spacial score (nSPS) is 11.8. The van der Waals surface area contributed by atoms with E-state index in [1.165, 1.54) is 0 Å². The molecular weight excluding hydrogens is 234 g/mol. The fraction of sp³-hybridized carbons (Fsp3) is 0.100. The monoisotopic (exact) mass is 241 g/mol. The average Bonchev–Trinajstić information content (AvgIpc) is 2.15. The van der Waals surface area contributed by atoms with E-state index in [1.807, 2.05) is 24.3 Å². The van der Waals surface area contributed by atoms with Crippen LogP contribution >= 0.6 is 10.7 Å². The predicted molar refractivity (Wildman–Crippen MR) is 60.2 cm³/mol. The highest BCUT2D eigenvalue weighted by molar-refractivity contribution is 8.13. The summed E-state index contributed by atoms with van der Waals surface area (Å²) in [6.45, 7) is 0. The molecular formula is C10H8ClNO2S. The first-order chi connectivity index (χ1) is 7.04. The standard InChI is InChI=1S/C10H8ClNO2S/c11-15(13,14)7-10-5-8-3-1-2-4-9(8)6-12-10/h1-6H,7H2. The third-order valence-electron chi connectivity index (χ3n) is 2.01. The number of hydrogen-bond acceptors (Lipinski definition) is 3. The first-order valence-electron chi connectivity index (χ1n) is 4.31. The minimum atomic E-state index is -3.54. The summed E-state index contributed by atoms with van der Waals surface area (Å²) in [4.78, 5) is 4.03. The second-order valence-electron chi connectivity index (χ2n) is 3.21. The Morgan fingerprint density at radius 1 is 1.20 bits per heavy atom. The van der Waals surface area contributed by atoms with Gasteiger partial charge >= 0.3 is 0 Å². The molecule has 0 saturated heterocycles. The van der Waals surface area contributed by atoms with E-state index in [0.29, 0.717) is 5.69 Å². The maximum Gasteiger partial charge on any atom is 0.238 e. The van der Waals surface area contributed by atoms with Crippen LogP contribution in [0.15, 0.2) is 36.5 Å².